The maximum atomic E-state index is 2.66. The normalized spacial score (nSPS) is 15.2. The van der Waals surface area contributed by atoms with E-state index in [1.807, 2.05) is 0 Å². The molecule has 11 aromatic carbocycles. The van der Waals surface area contributed by atoms with Crippen molar-refractivity contribution in [3.05, 3.63) is 229 Å². The van der Waals surface area contributed by atoms with Gasteiger partial charge in [0.05, 0.1) is 0 Å². The summed E-state index contributed by atoms with van der Waals surface area (Å²) in [5.74, 6) is 0. The first kappa shape index (κ1) is 40.5. The Morgan fingerprint density at radius 1 is 0.275 bits per heavy atom. The van der Waals surface area contributed by atoms with Crippen LogP contribution in [-0.2, 0) is 10.8 Å². The average Bonchev–Trinajstić information content (AvgIpc) is 3.86. The van der Waals surface area contributed by atoms with Gasteiger partial charge in [-0.05, 0) is 167 Å². The van der Waals surface area contributed by atoms with Crippen molar-refractivity contribution in [3.63, 3.8) is 0 Å². The minimum Gasteiger partial charge on any atom is -0.0623 e. The van der Waals surface area contributed by atoms with Crippen LogP contribution in [0.15, 0.2) is 206 Å². The quantitative estimate of drug-likeness (QED) is 0.122. The predicted molar refractivity (Wildman–Crippen MR) is 298 cm³/mol. The maximum Gasteiger partial charge on any atom is 0.113 e. The van der Waals surface area contributed by atoms with E-state index in [1.54, 1.807) is 0 Å². The minimum absolute atomic E-state index is 0.128. The fraction of sp³-hybridized carbons (Fsp3) is 0.118. The van der Waals surface area contributed by atoms with Gasteiger partial charge in [0.25, 0.3) is 0 Å². The summed E-state index contributed by atoms with van der Waals surface area (Å²) < 4.78 is 0. The van der Waals surface area contributed by atoms with Crippen molar-refractivity contribution in [1.82, 2.24) is 0 Å². The van der Waals surface area contributed by atoms with Crippen molar-refractivity contribution in [1.29, 1.82) is 0 Å². The summed E-state index contributed by atoms with van der Waals surface area (Å²) in [4.78, 5) is 0. The van der Waals surface area contributed by atoms with Crippen LogP contribution < -0.4 is 10.4 Å². The van der Waals surface area contributed by atoms with E-state index in [4.69, 9.17) is 0 Å². The van der Waals surface area contributed by atoms with Crippen LogP contribution in [0.25, 0.3) is 110 Å². The van der Waals surface area contributed by atoms with Crippen LogP contribution >= 0.6 is 0 Å². The number of fused-ring (bicyclic) bond motifs is 12. The van der Waals surface area contributed by atoms with E-state index in [9.17, 15) is 0 Å². The van der Waals surface area contributed by atoms with Gasteiger partial charge in [-0.1, -0.05) is 223 Å². The van der Waals surface area contributed by atoms with E-state index in [0.717, 1.165) is 0 Å². The zero-order valence-corrected chi connectivity index (χ0v) is 41.1. The van der Waals surface area contributed by atoms with Crippen LogP contribution in [0.2, 0.25) is 13.1 Å². The standard InChI is InChI=1S/C68H52Si/c1-67(2)59-27-14-11-23-49(59)51-33-31-43(37-61(51)67)65-54-35-30-42(46-21-9-10-22-47(46)48-26-17-19-41-18-7-8-20-45(41)48)36-56(54)66(44-32-34-52-50-24-12-15-28-60(50)68(3,4)62(52)38-44)58-40-64-55(39-57(58)65)53-25-13-16-29-63(53)69(64,5)6/h7-40H,1-6H3. The molecule has 0 spiro atoms. The van der Waals surface area contributed by atoms with Crippen molar-refractivity contribution in [2.45, 2.75) is 51.6 Å². The summed E-state index contributed by atoms with van der Waals surface area (Å²) in [6, 6.07) is 79.4. The second-order valence-corrected chi connectivity index (χ2v) is 25.9. The van der Waals surface area contributed by atoms with Crippen molar-refractivity contribution in [2.24, 2.45) is 0 Å². The molecule has 1 aliphatic heterocycles. The molecule has 1 heterocycles. The van der Waals surface area contributed by atoms with Gasteiger partial charge in [0.1, 0.15) is 8.07 Å². The van der Waals surface area contributed by atoms with E-state index in [-0.39, 0.29) is 10.8 Å². The molecule has 14 rings (SSSR count). The van der Waals surface area contributed by atoms with E-state index in [0.29, 0.717) is 0 Å². The third-order valence-electron chi connectivity index (χ3n) is 16.9. The van der Waals surface area contributed by atoms with Gasteiger partial charge in [-0.15, -0.1) is 0 Å². The van der Waals surface area contributed by atoms with Gasteiger partial charge in [-0.3, -0.25) is 0 Å². The largest absolute Gasteiger partial charge is 0.113 e. The van der Waals surface area contributed by atoms with Crippen molar-refractivity contribution >= 4 is 50.8 Å². The number of hydrogen-bond acceptors (Lipinski definition) is 0. The number of hydrogen-bond donors (Lipinski definition) is 0. The lowest BCUT2D eigenvalue weighted by molar-refractivity contribution is 0.660. The highest BCUT2D eigenvalue weighted by Crippen LogP contribution is 2.54. The molecule has 0 amide bonds. The van der Waals surface area contributed by atoms with Crippen molar-refractivity contribution in [3.8, 4) is 77.9 Å². The lowest BCUT2D eigenvalue weighted by Gasteiger charge is -2.25. The second kappa shape index (κ2) is 14.2. The maximum absolute atomic E-state index is 2.66. The molecule has 0 saturated carbocycles. The molecule has 0 unspecified atom stereocenters. The third-order valence-corrected chi connectivity index (χ3v) is 20.4. The first-order valence-corrected chi connectivity index (χ1v) is 27.7. The van der Waals surface area contributed by atoms with Crippen LogP contribution in [0.5, 0.6) is 0 Å². The molecule has 2 aliphatic carbocycles. The molecular weight excluding hydrogens is 845 g/mol. The topological polar surface area (TPSA) is 0 Å². The zero-order chi connectivity index (χ0) is 46.6. The molecule has 0 bridgehead atoms. The molecule has 0 N–H and O–H groups in total. The molecule has 11 aromatic rings. The van der Waals surface area contributed by atoms with Gasteiger partial charge in [0.2, 0.25) is 0 Å². The van der Waals surface area contributed by atoms with Gasteiger partial charge in [-0.2, -0.15) is 0 Å². The molecule has 0 nitrogen and oxygen atoms in total. The molecule has 0 saturated heterocycles. The van der Waals surface area contributed by atoms with Crippen LogP contribution in [0, 0.1) is 0 Å². The van der Waals surface area contributed by atoms with Gasteiger partial charge in [0.15, 0.2) is 0 Å². The second-order valence-electron chi connectivity index (χ2n) is 21.6. The Morgan fingerprint density at radius 2 is 0.754 bits per heavy atom. The minimum atomic E-state index is -2.07. The molecule has 328 valence electrons. The molecular formula is C68H52Si. The Kier molecular flexibility index (Phi) is 8.35. The Morgan fingerprint density at radius 3 is 1.43 bits per heavy atom. The fourth-order valence-electron chi connectivity index (χ4n) is 13.4. The third kappa shape index (κ3) is 5.57. The molecule has 0 radical (unpaired) electrons. The average molecular weight is 897 g/mol. The monoisotopic (exact) mass is 896 g/mol. The molecule has 0 atom stereocenters. The Labute approximate surface area is 406 Å². The summed E-state index contributed by atoms with van der Waals surface area (Å²) in [5.41, 5.74) is 23.7. The highest BCUT2D eigenvalue weighted by Gasteiger charge is 2.40. The van der Waals surface area contributed by atoms with Gasteiger partial charge in [-0.25, -0.2) is 0 Å². The van der Waals surface area contributed by atoms with E-state index < -0.39 is 8.07 Å². The molecule has 69 heavy (non-hydrogen) atoms. The highest BCUT2D eigenvalue weighted by atomic mass is 28.3. The Bertz CT molecular complexity index is 4040. The Hall–Kier alpha value is -7.58. The zero-order valence-electron chi connectivity index (χ0n) is 40.1. The van der Waals surface area contributed by atoms with Gasteiger partial charge >= 0.3 is 0 Å². The summed E-state index contributed by atoms with van der Waals surface area (Å²) >= 11 is 0. The number of benzene rings is 11. The summed E-state index contributed by atoms with van der Waals surface area (Å²) in [6.45, 7) is 14.8. The van der Waals surface area contributed by atoms with Crippen LogP contribution in [0.1, 0.15) is 49.9 Å². The Balaban J connectivity index is 1.12. The van der Waals surface area contributed by atoms with E-state index in [1.165, 1.54) is 143 Å². The van der Waals surface area contributed by atoms with Gasteiger partial charge in [0, 0.05) is 10.8 Å². The lowest BCUT2D eigenvalue weighted by Crippen LogP contribution is -2.49. The van der Waals surface area contributed by atoms with Gasteiger partial charge < -0.3 is 0 Å². The van der Waals surface area contributed by atoms with Crippen LogP contribution in [0.4, 0.5) is 0 Å². The first-order chi connectivity index (χ1) is 33.5. The fourth-order valence-corrected chi connectivity index (χ4v) is 16.4. The number of rotatable bonds is 4. The molecule has 0 fully saturated rings. The smallest absolute Gasteiger partial charge is 0.0623 e. The highest BCUT2D eigenvalue weighted by molar-refractivity contribution is 7.04. The SMILES string of the molecule is CC1(C)c2ccccc2-c2ccc(-c3c4ccc(-c5ccccc5-c5cccc6ccccc56)cc4c(-c4ccc5c(c4)C(C)(C)c4ccccc4-5)c4cc5c(cc34)-c3ccccc3[Si]5(C)C)cc21. The molecule has 0 aromatic heterocycles. The van der Waals surface area contributed by atoms with E-state index >= 15 is 0 Å². The summed E-state index contributed by atoms with van der Waals surface area (Å²) in [6.07, 6.45) is 0. The predicted octanol–water partition coefficient (Wildman–Crippen LogP) is 17.2. The van der Waals surface area contributed by atoms with Crippen molar-refractivity contribution in [2.75, 3.05) is 0 Å². The first-order valence-electron chi connectivity index (χ1n) is 24.7. The summed E-state index contributed by atoms with van der Waals surface area (Å²) in [5, 5.41) is 10.8. The van der Waals surface area contributed by atoms with Crippen LogP contribution in [-0.4, -0.2) is 8.07 Å². The lowest BCUT2D eigenvalue weighted by atomic mass is 9.79. The van der Waals surface area contributed by atoms with Crippen LogP contribution in [0.3, 0.4) is 0 Å². The van der Waals surface area contributed by atoms with Crippen molar-refractivity contribution < 1.29 is 0 Å². The summed E-state index contributed by atoms with van der Waals surface area (Å²) in [7, 11) is -2.07. The molecule has 1 heteroatoms. The molecule has 3 aliphatic rings. The van der Waals surface area contributed by atoms with E-state index in [2.05, 4.69) is 247 Å².